The maximum Gasteiger partial charge on any atom is 0.259 e. The van der Waals surface area contributed by atoms with Crippen LogP contribution in [-0.2, 0) is 0 Å². The Kier molecular flexibility index (Phi) is 4.65. The molecule has 23 heavy (non-hydrogen) atoms. The molecule has 1 heterocycles. The number of para-hydroxylation sites is 1. The number of hydrogen-bond acceptors (Lipinski definition) is 5. The second-order valence-electron chi connectivity index (χ2n) is 4.46. The van der Waals surface area contributed by atoms with Crippen LogP contribution in [0.25, 0.3) is 0 Å². The van der Waals surface area contributed by atoms with E-state index in [1.54, 1.807) is 0 Å². The Morgan fingerprint density at radius 2 is 1.91 bits per heavy atom. The van der Waals surface area contributed by atoms with Gasteiger partial charge in [0.1, 0.15) is 17.3 Å². The van der Waals surface area contributed by atoms with Crippen LogP contribution in [-0.4, -0.2) is 16.9 Å². The van der Waals surface area contributed by atoms with E-state index in [4.69, 9.17) is 16.6 Å². The van der Waals surface area contributed by atoms with Gasteiger partial charge in [-0.15, -0.1) is 0 Å². The lowest BCUT2D eigenvalue weighted by molar-refractivity contribution is 0.591. The first kappa shape index (κ1) is 16.1. The number of hydrogen-bond donors (Lipinski definition) is 5. The van der Waals surface area contributed by atoms with E-state index in [1.807, 2.05) is 0 Å². The standard InChI is InChI=1S/C15H13F2N5O/c16-9-2-1-3-10(17)14(9)22-11-4-5-21-15(23)12(11)13(20)8(6-18)7-19/h1-7,18,20H,19H2,(H2,21,22,23)/b8-7+,18-6?,20-13?. The van der Waals surface area contributed by atoms with Crippen molar-refractivity contribution in [3.8, 4) is 0 Å². The minimum absolute atomic E-state index is 0.0150. The van der Waals surface area contributed by atoms with Crippen molar-refractivity contribution >= 4 is 23.3 Å². The van der Waals surface area contributed by atoms with Gasteiger partial charge >= 0.3 is 0 Å². The molecule has 0 fully saturated rings. The number of allylic oxidation sites excluding steroid dienone is 1. The number of nitrogens with one attached hydrogen (secondary N) is 4. The number of rotatable bonds is 5. The molecular weight excluding hydrogens is 304 g/mol. The molecule has 8 heteroatoms. The van der Waals surface area contributed by atoms with E-state index in [9.17, 15) is 13.6 Å². The van der Waals surface area contributed by atoms with Crippen LogP contribution >= 0.6 is 0 Å². The molecule has 0 spiro atoms. The zero-order valence-electron chi connectivity index (χ0n) is 11.8. The summed E-state index contributed by atoms with van der Waals surface area (Å²) < 4.78 is 27.5. The van der Waals surface area contributed by atoms with Crippen molar-refractivity contribution in [1.29, 1.82) is 10.8 Å². The first-order chi connectivity index (χ1) is 11.0. The van der Waals surface area contributed by atoms with Gasteiger partial charge in [-0.25, -0.2) is 8.78 Å². The van der Waals surface area contributed by atoms with Gasteiger partial charge in [-0.3, -0.25) is 10.2 Å². The van der Waals surface area contributed by atoms with Crippen molar-refractivity contribution in [3.63, 3.8) is 0 Å². The summed E-state index contributed by atoms with van der Waals surface area (Å²) in [7, 11) is 0. The Labute approximate surface area is 129 Å². The van der Waals surface area contributed by atoms with E-state index in [2.05, 4.69) is 10.3 Å². The lowest BCUT2D eigenvalue weighted by Crippen LogP contribution is -2.22. The van der Waals surface area contributed by atoms with Crippen LogP contribution in [0, 0.1) is 22.5 Å². The van der Waals surface area contributed by atoms with Crippen LogP contribution in [0.2, 0.25) is 0 Å². The van der Waals surface area contributed by atoms with Crippen molar-refractivity contribution in [2.75, 3.05) is 5.32 Å². The van der Waals surface area contributed by atoms with Crippen LogP contribution in [0.3, 0.4) is 0 Å². The summed E-state index contributed by atoms with van der Waals surface area (Å²) in [6.07, 6.45) is 3.08. The Bertz CT molecular complexity index is 837. The summed E-state index contributed by atoms with van der Waals surface area (Å²) in [5, 5.41) is 17.7. The van der Waals surface area contributed by atoms with Gasteiger partial charge < -0.3 is 21.4 Å². The first-order valence-electron chi connectivity index (χ1n) is 6.44. The van der Waals surface area contributed by atoms with Crippen LogP contribution < -0.4 is 16.6 Å². The molecular formula is C15H13F2N5O. The molecule has 1 aromatic heterocycles. The number of pyridine rings is 1. The lowest BCUT2D eigenvalue weighted by atomic mass is 10.0. The third-order valence-corrected chi connectivity index (χ3v) is 3.06. The van der Waals surface area contributed by atoms with E-state index in [1.165, 1.54) is 18.3 Å². The summed E-state index contributed by atoms with van der Waals surface area (Å²) in [4.78, 5) is 14.4. The maximum atomic E-state index is 13.8. The zero-order chi connectivity index (χ0) is 17.0. The third-order valence-electron chi connectivity index (χ3n) is 3.06. The molecule has 1 aromatic carbocycles. The second kappa shape index (κ2) is 6.65. The fraction of sp³-hybridized carbons (Fsp3) is 0. The number of aromatic nitrogens is 1. The van der Waals surface area contributed by atoms with Gasteiger partial charge in [-0.05, 0) is 18.2 Å². The second-order valence-corrected chi connectivity index (χ2v) is 4.46. The van der Waals surface area contributed by atoms with Gasteiger partial charge in [0.2, 0.25) is 0 Å². The number of H-pyrrole nitrogens is 1. The van der Waals surface area contributed by atoms with Crippen molar-refractivity contribution in [2.24, 2.45) is 5.73 Å². The third kappa shape index (κ3) is 3.15. The summed E-state index contributed by atoms with van der Waals surface area (Å²) >= 11 is 0. The van der Waals surface area contributed by atoms with Gasteiger partial charge in [0, 0.05) is 24.2 Å². The predicted molar refractivity (Wildman–Crippen MR) is 84.6 cm³/mol. The fourth-order valence-corrected chi connectivity index (χ4v) is 1.93. The fourth-order valence-electron chi connectivity index (χ4n) is 1.93. The first-order valence-corrected chi connectivity index (χ1v) is 6.44. The average Bonchev–Trinajstić information content (AvgIpc) is 2.52. The molecule has 6 N–H and O–H groups in total. The quantitative estimate of drug-likeness (QED) is 0.544. The van der Waals surface area contributed by atoms with E-state index in [0.717, 1.165) is 24.5 Å². The molecule has 0 unspecified atom stereocenters. The van der Waals surface area contributed by atoms with Crippen molar-refractivity contribution in [1.82, 2.24) is 4.98 Å². The van der Waals surface area contributed by atoms with Crippen LogP contribution in [0.4, 0.5) is 20.2 Å². The molecule has 0 saturated heterocycles. The molecule has 0 radical (unpaired) electrons. The van der Waals surface area contributed by atoms with E-state index in [-0.39, 0.29) is 22.5 Å². The molecule has 0 aliphatic carbocycles. The molecule has 0 atom stereocenters. The minimum atomic E-state index is -0.843. The van der Waals surface area contributed by atoms with E-state index < -0.39 is 22.9 Å². The van der Waals surface area contributed by atoms with Gasteiger partial charge in [0.25, 0.3) is 5.56 Å². The summed E-state index contributed by atoms with van der Waals surface area (Å²) in [6.45, 7) is 0. The van der Waals surface area contributed by atoms with Gasteiger partial charge in [0.05, 0.1) is 17.0 Å². The topological polar surface area (TPSA) is 119 Å². The Morgan fingerprint density at radius 3 is 2.48 bits per heavy atom. The number of anilines is 2. The largest absolute Gasteiger partial charge is 0.404 e. The molecule has 0 aliphatic heterocycles. The molecule has 0 saturated carbocycles. The molecule has 6 nitrogen and oxygen atoms in total. The van der Waals surface area contributed by atoms with E-state index >= 15 is 0 Å². The Balaban J connectivity index is 2.57. The normalized spacial score (nSPS) is 11.1. The highest BCUT2D eigenvalue weighted by Gasteiger charge is 2.17. The van der Waals surface area contributed by atoms with Gasteiger partial charge in [-0.2, -0.15) is 0 Å². The van der Waals surface area contributed by atoms with Crippen molar-refractivity contribution in [2.45, 2.75) is 0 Å². The molecule has 0 amide bonds. The highest BCUT2D eigenvalue weighted by atomic mass is 19.1. The lowest BCUT2D eigenvalue weighted by Gasteiger charge is -2.13. The molecule has 0 bridgehead atoms. The molecule has 118 valence electrons. The number of benzene rings is 1. The predicted octanol–water partition coefficient (Wildman–Crippen LogP) is 2.26. The SMILES string of the molecule is N=C/C(=C\N)C(=N)c1c(Nc2c(F)cccc2F)cc[nH]c1=O. The minimum Gasteiger partial charge on any atom is -0.404 e. The van der Waals surface area contributed by atoms with Crippen molar-refractivity contribution < 1.29 is 8.78 Å². The maximum absolute atomic E-state index is 13.8. The zero-order valence-corrected chi connectivity index (χ0v) is 11.8. The monoisotopic (exact) mass is 317 g/mol. The number of halogens is 2. The summed E-state index contributed by atoms with van der Waals surface area (Å²) in [6, 6.07) is 4.69. The summed E-state index contributed by atoms with van der Waals surface area (Å²) in [5.74, 6) is -1.69. The highest BCUT2D eigenvalue weighted by Crippen LogP contribution is 2.24. The smallest absolute Gasteiger partial charge is 0.259 e. The van der Waals surface area contributed by atoms with Crippen molar-refractivity contribution in [3.05, 3.63) is 69.8 Å². The summed E-state index contributed by atoms with van der Waals surface area (Å²) in [5.41, 5.74) is 3.69. The van der Waals surface area contributed by atoms with Gasteiger partial charge in [0.15, 0.2) is 0 Å². The Morgan fingerprint density at radius 1 is 1.26 bits per heavy atom. The molecule has 2 aromatic rings. The van der Waals surface area contributed by atoms with Crippen LogP contribution in [0.5, 0.6) is 0 Å². The average molecular weight is 317 g/mol. The van der Waals surface area contributed by atoms with Crippen LogP contribution in [0.15, 0.2) is 47.0 Å². The van der Waals surface area contributed by atoms with Gasteiger partial charge in [-0.1, -0.05) is 6.07 Å². The van der Waals surface area contributed by atoms with Crippen LogP contribution in [0.1, 0.15) is 5.56 Å². The number of nitrogens with two attached hydrogens (primary N) is 1. The highest BCUT2D eigenvalue weighted by molar-refractivity contribution is 6.23. The molecule has 2 rings (SSSR count). The molecule has 0 aliphatic rings. The Hall–Kier alpha value is -3.29. The number of aromatic amines is 1. The van der Waals surface area contributed by atoms with E-state index in [0.29, 0.717) is 0 Å².